The largest absolute Gasteiger partial charge is 0.433 e. The SMILES string of the molecule is Cc1c(N=c2scc(-c3cccc4ccccc34)n2N=Cc2ccc([N+](=O)[O-])o2)c(=O)n(-c2ccccc2)n1C. The van der Waals surface area contributed by atoms with Gasteiger partial charge in [-0.05, 0) is 35.9 Å². The lowest BCUT2D eigenvalue weighted by Crippen LogP contribution is -2.19. The quantitative estimate of drug-likeness (QED) is 0.149. The molecule has 198 valence electrons. The molecule has 0 N–H and O–H groups in total. The molecule has 0 saturated heterocycles. The van der Waals surface area contributed by atoms with E-state index >= 15 is 0 Å². The summed E-state index contributed by atoms with van der Waals surface area (Å²) < 4.78 is 10.2. The maximum absolute atomic E-state index is 13.6. The fraction of sp³-hybridized carbons (Fsp3) is 0.0690. The van der Waals surface area contributed by atoms with Gasteiger partial charge in [0.1, 0.15) is 4.92 Å². The fourth-order valence-corrected chi connectivity index (χ4v) is 5.36. The third-order valence-corrected chi connectivity index (χ3v) is 7.39. The second-order valence-corrected chi connectivity index (χ2v) is 9.78. The molecule has 6 rings (SSSR count). The molecule has 0 aliphatic carbocycles. The van der Waals surface area contributed by atoms with Crippen molar-refractivity contribution in [2.24, 2.45) is 17.1 Å². The lowest BCUT2D eigenvalue weighted by atomic mass is 10.0. The Kier molecular flexibility index (Phi) is 6.33. The molecule has 3 heterocycles. The minimum atomic E-state index is -0.604. The highest BCUT2D eigenvalue weighted by Gasteiger charge is 2.18. The highest BCUT2D eigenvalue weighted by molar-refractivity contribution is 7.07. The van der Waals surface area contributed by atoms with Crippen molar-refractivity contribution in [3.05, 3.63) is 127 Å². The van der Waals surface area contributed by atoms with Gasteiger partial charge < -0.3 is 4.42 Å². The summed E-state index contributed by atoms with van der Waals surface area (Å²) in [5.41, 5.74) is 3.11. The van der Waals surface area contributed by atoms with Gasteiger partial charge >= 0.3 is 5.88 Å². The second kappa shape index (κ2) is 10.1. The summed E-state index contributed by atoms with van der Waals surface area (Å²) in [4.78, 5) is 29.3. The Morgan fingerprint density at radius 1 is 0.975 bits per heavy atom. The Bertz CT molecular complexity index is 2040. The predicted molar refractivity (Wildman–Crippen MR) is 155 cm³/mol. The molecule has 0 aliphatic rings. The van der Waals surface area contributed by atoms with Gasteiger partial charge in [-0.15, -0.1) is 11.3 Å². The molecule has 0 amide bonds. The van der Waals surface area contributed by atoms with Crippen molar-refractivity contribution >= 4 is 39.9 Å². The molecule has 11 heteroatoms. The van der Waals surface area contributed by atoms with Crippen LogP contribution in [0.3, 0.4) is 0 Å². The van der Waals surface area contributed by atoms with Gasteiger partial charge in [-0.2, -0.15) is 5.10 Å². The number of thiazole rings is 1. The molecule has 10 nitrogen and oxygen atoms in total. The molecule has 0 radical (unpaired) electrons. The summed E-state index contributed by atoms with van der Waals surface area (Å²) in [6, 6.07) is 26.1. The first kappa shape index (κ1) is 25.0. The lowest BCUT2D eigenvalue weighted by molar-refractivity contribution is -0.402. The van der Waals surface area contributed by atoms with Gasteiger partial charge in [-0.3, -0.25) is 19.6 Å². The third kappa shape index (κ3) is 4.37. The molecule has 3 aromatic carbocycles. The summed E-state index contributed by atoms with van der Waals surface area (Å²) in [6.07, 6.45) is 1.40. The molecule has 0 unspecified atom stereocenters. The van der Waals surface area contributed by atoms with Crippen LogP contribution in [0.2, 0.25) is 0 Å². The topological polar surface area (TPSA) is 113 Å². The van der Waals surface area contributed by atoms with E-state index in [1.165, 1.54) is 29.7 Å². The van der Waals surface area contributed by atoms with Gasteiger partial charge in [0.15, 0.2) is 11.4 Å². The van der Waals surface area contributed by atoms with E-state index in [2.05, 4.69) is 5.10 Å². The van der Waals surface area contributed by atoms with Gasteiger partial charge in [0.05, 0.1) is 29.4 Å². The van der Waals surface area contributed by atoms with Crippen LogP contribution in [0, 0.1) is 17.0 Å². The van der Waals surface area contributed by atoms with Crippen molar-refractivity contribution < 1.29 is 9.34 Å². The Morgan fingerprint density at radius 2 is 1.73 bits per heavy atom. The van der Waals surface area contributed by atoms with E-state index in [0.29, 0.717) is 10.5 Å². The molecule has 6 aromatic rings. The molecule has 0 aliphatic heterocycles. The Hall–Kier alpha value is -5.29. The minimum Gasteiger partial charge on any atom is -0.400 e. The highest BCUT2D eigenvalue weighted by atomic mass is 32.1. The summed E-state index contributed by atoms with van der Waals surface area (Å²) in [7, 11) is 1.81. The normalized spacial score (nSPS) is 12.1. The van der Waals surface area contributed by atoms with Gasteiger partial charge in [0.25, 0.3) is 5.56 Å². The molecule has 0 fully saturated rings. The first-order chi connectivity index (χ1) is 19.4. The number of para-hydroxylation sites is 1. The number of hydrogen-bond acceptors (Lipinski definition) is 7. The van der Waals surface area contributed by atoms with E-state index < -0.39 is 4.92 Å². The Labute approximate surface area is 231 Å². The van der Waals surface area contributed by atoms with Gasteiger partial charge in [-0.1, -0.05) is 60.7 Å². The van der Waals surface area contributed by atoms with Crippen molar-refractivity contribution in [2.75, 3.05) is 0 Å². The zero-order valence-electron chi connectivity index (χ0n) is 21.5. The van der Waals surface area contributed by atoms with E-state index in [1.54, 1.807) is 14.0 Å². The second-order valence-electron chi connectivity index (χ2n) is 8.94. The first-order valence-corrected chi connectivity index (χ1v) is 13.2. The third-order valence-electron chi connectivity index (χ3n) is 6.58. The van der Waals surface area contributed by atoms with Crippen LogP contribution < -0.4 is 10.4 Å². The van der Waals surface area contributed by atoms with Crippen LogP contribution in [-0.4, -0.2) is 25.2 Å². The summed E-state index contributed by atoms with van der Waals surface area (Å²) in [5.74, 6) is -0.167. The average molecular weight is 551 g/mol. The molecule has 0 atom stereocenters. The van der Waals surface area contributed by atoms with E-state index in [0.717, 1.165) is 27.7 Å². The molecule has 0 bridgehead atoms. The van der Waals surface area contributed by atoms with E-state index in [9.17, 15) is 14.9 Å². The molecule has 0 spiro atoms. The van der Waals surface area contributed by atoms with Crippen molar-refractivity contribution in [3.63, 3.8) is 0 Å². The summed E-state index contributed by atoms with van der Waals surface area (Å²) in [6.45, 7) is 1.84. The van der Waals surface area contributed by atoms with Crippen LogP contribution in [0.15, 0.2) is 110 Å². The smallest absolute Gasteiger partial charge is 0.400 e. The monoisotopic (exact) mass is 550 g/mol. The number of furan rings is 1. The van der Waals surface area contributed by atoms with Crippen LogP contribution in [0.4, 0.5) is 11.6 Å². The molecular weight excluding hydrogens is 528 g/mol. The van der Waals surface area contributed by atoms with Crippen molar-refractivity contribution in [1.82, 2.24) is 14.0 Å². The number of benzene rings is 3. The number of aromatic nitrogens is 3. The molecule has 40 heavy (non-hydrogen) atoms. The molecule has 0 saturated carbocycles. The molecular formula is C29H22N6O4S. The van der Waals surface area contributed by atoms with Crippen molar-refractivity contribution in [1.29, 1.82) is 0 Å². The van der Waals surface area contributed by atoms with Crippen LogP contribution in [0.25, 0.3) is 27.7 Å². The van der Waals surface area contributed by atoms with Gasteiger partial charge in [-0.25, -0.2) is 14.4 Å². The Balaban J connectivity index is 1.56. The number of hydrogen-bond donors (Lipinski definition) is 0. The average Bonchev–Trinajstić information content (AvgIpc) is 3.66. The zero-order chi connectivity index (χ0) is 27.8. The predicted octanol–water partition coefficient (Wildman–Crippen LogP) is 5.78. The van der Waals surface area contributed by atoms with Crippen molar-refractivity contribution in [3.8, 4) is 16.9 Å². The lowest BCUT2D eigenvalue weighted by Gasteiger charge is -2.07. The van der Waals surface area contributed by atoms with Crippen LogP contribution in [0.5, 0.6) is 0 Å². The number of nitrogens with zero attached hydrogens (tertiary/aromatic N) is 6. The van der Waals surface area contributed by atoms with E-state index in [4.69, 9.17) is 9.41 Å². The van der Waals surface area contributed by atoms with Crippen LogP contribution in [0.1, 0.15) is 11.5 Å². The van der Waals surface area contributed by atoms with Gasteiger partial charge in [0.2, 0.25) is 4.80 Å². The maximum Gasteiger partial charge on any atom is 0.433 e. The van der Waals surface area contributed by atoms with Gasteiger partial charge in [0, 0.05) is 18.0 Å². The Morgan fingerprint density at radius 3 is 2.50 bits per heavy atom. The standard InChI is InChI=1S/C29H22N6O4S/c1-19-27(28(36)34(32(19)2)21-11-4-3-5-12-21)31-29-33(30-17-22-15-16-26(39-22)35(37)38)25(18-40-29)24-14-8-10-20-9-6-7-13-23(20)24/h3-18H,1-2H3. The minimum absolute atomic E-state index is 0.211. The zero-order valence-corrected chi connectivity index (χ0v) is 22.3. The highest BCUT2D eigenvalue weighted by Crippen LogP contribution is 2.29. The number of rotatable bonds is 6. The molecule has 3 aromatic heterocycles. The fourth-order valence-electron chi connectivity index (χ4n) is 4.53. The van der Waals surface area contributed by atoms with Crippen LogP contribution in [-0.2, 0) is 7.05 Å². The van der Waals surface area contributed by atoms with Crippen LogP contribution >= 0.6 is 11.3 Å². The number of nitro groups is 1. The first-order valence-electron chi connectivity index (χ1n) is 12.3. The summed E-state index contributed by atoms with van der Waals surface area (Å²) >= 11 is 1.33. The summed E-state index contributed by atoms with van der Waals surface area (Å²) in [5, 5.41) is 19.7. The number of fused-ring (bicyclic) bond motifs is 1. The maximum atomic E-state index is 13.6. The van der Waals surface area contributed by atoms with E-state index in [-0.39, 0.29) is 22.9 Å². The van der Waals surface area contributed by atoms with Crippen molar-refractivity contribution in [2.45, 2.75) is 6.92 Å². The van der Waals surface area contributed by atoms with E-state index in [1.807, 2.05) is 92.1 Å².